The van der Waals surface area contributed by atoms with Crippen molar-refractivity contribution in [2.45, 2.75) is 37.8 Å². The molecule has 19 heavy (non-hydrogen) atoms. The van der Waals surface area contributed by atoms with Gasteiger partial charge >= 0.3 is 0 Å². The number of rotatable bonds is 3. The monoisotopic (exact) mass is 277 g/mol. The molecule has 0 radical (unpaired) electrons. The second kappa shape index (κ2) is 5.41. The molecule has 0 bridgehead atoms. The number of thioether (sulfide) groups is 1. The summed E-state index contributed by atoms with van der Waals surface area (Å²) in [5.41, 5.74) is 1.46. The molecule has 2 heterocycles. The maximum Gasteiger partial charge on any atom is 0.212 e. The summed E-state index contributed by atoms with van der Waals surface area (Å²) in [5.74, 6) is 1.82. The summed E-state index contributed by atoms with van der Waals surface area (Å²) in [6, 6.07) is 3.89. The lowest BCUT2D eigenvalue weighted by Crippen LogP contribution is -2.40. The van der Waals surface area contributed by atoms with Crippen molar-refractivity contribution in [2.24, 2.45) is 4.99 Å². The molecule has 2 fully saturated rings. The fraction of sp³-hybridized carbons (Fsp3) is 0.571. The first-order valence-electron chi connectivity index (χ1n) is 6.74. The molecule has 0 atom stereocenters. The van der Waals surface area contributed by atoms with Gasteiger partial charge in [0, 0.05) is 23.6 Å². The van der Waals surface area contributed by atoms with Crippen molar-refractivity contribution < 1.29 is 4.74 Å². The highest BCUT2D eigenvalue weighted by Gasteiger charge is 2.39. The van der Waals surface area contributed by atoms with E-state index in [1.165, 1.54) is 31.4 Å². The zero-order valence-electron chi connectivity index (χ0n) is 11.2. The van der Waals surface area contributed by atoms with Crippen LogP contribution in [-0.2, 0) is 6.54 Å². The predicted molar refractivity (Wildman–Crippen MR) is 78.7 cm³/mol. The first-order valence-corrected chi connectivity index (χ1v) is 7.73. The number of aromatic nitrogens is 1. The maximum atomic E-state index is 5.05. The van der Waals surface area contributed by atoms with Crippen molar-refractivity contribution >= 4 is 16.9 Å². The van der Waals surface area contributed by atoms with Gasteiger partial charge in [-0.1, -0.05) is 30.7 Å². The Labute approximate surface area is 118 Å². The third-order valence-electron chi connectivity index (χ3n) is 3.83. The number of aliphatic imine (C=N–C) groups is 1. The summed E-state index contributed by atoms with van der Waals surface area (Å²) in [5, 5.41) is 4.72. The van der Waals surface area contributed by atoms with Crippen LogP contribution in [0.3, 0.4) is 0 Å². The topological polar surface area (TPSA) is 46.5 Å². The lowest BCUT2D eigenvalue weighted by molar-refractivity contribution is 0.397. The van der Waals surface area contributed by atoms with Crippen molar-refractivity contribution in [3.8, 4) is 5.88 Å². The van der Waals surface area contributed by atoms with E-state index in [0.29, 0.717) is 18.0 Å². The Morgan fingerprint density at radius 1 is 1.42 bits per heavy atom. The first kappa shape index (κ1) is 12.8. The van der Waals surface area contributed by atoms with Gasteiger partial charge in [0.1, 0.15) is 0 Å². The average molecular weight is 277 g/mol. The third kappa shape index (κ3) is 2.86. The van der Waals surface area contributed by atoms with E-state index in [1.54, 1.807) is 7.11 Å². The molecule has 1 aliphatic heterocycles. The van der Waals surface area contributed by atoms with E-state index in [9.17, 15) is 0 Å². The van der Waals surface area contributed by atoms with Crippen LogP contribution in [0.5, 0.6) is 5.88 Å². The number of nitrogens with zero attached hydrogens (tertiary/aromatic N) is 2. The second-order valence-electron chi connectivity index (χ2n) is 5.23. The van der Waals surface area contributed by atoms with Gasteiger partial charge in [-0.3, -0.25) is 4.99 Å². The number of hydrogen-bond donors (Lipinski definition) is 1. The minimum Gasteiger partial charge on any atom is -0.481 e. The molecular weight excluding hydrogens is 258 g/mol. The Bertz CT molecular complexity index is 466. The summed E-state index contributed by atoms with van der Waals surface area (Å²) in [6.45, 7) is 0.683. The van der Waals surface area contributed by atoms with Gasteiger partial charge in [-0.15, -0.1) is 0 Å². The van der Waals surface area contributed by atoms with Crippen LogP contribution in [0, 0.1) is 0 Å². The Morgan fingerprint density at radius 3 is 2.95 bits per heavy atom. The normalized spacial score (nSPS) is 22.9. The number of nitrogens with one attached hydrogen (secondary N) is 1. The lowest BCUT2D eigenvalue weighted by Gasteiger charge is -2.21. The van der Waals surface area contributed by atoms with E-state index < -0.39 is 0 Å². The summed E-state index contributed by atoms with van der Waals surface area (Å²) in [6.07, 6.45) is 7.12. The van der Waals surface area contributed by atoms with Gasteiger partial charge in [0.25, 0.3) is 0 Å². The molecular formula is C14H19N3OS. The van der Waals surface area contributed by atoms with Crippen LogP contribution < -0.4 is 10.1 Å². The molecule has 1 N–H and O–H groups in total. The van der Waals surface area contributed by atoms with Crippen molar-refractivity contribution in [1.82, 2.24) is 10.3 Å². The lowest BCUT2D eigenvalue weighted by atomic mass is 10.0. The summed E-state index contributed by atoms with van der Waals surface area (Å²) in [7, 11) is 1.63. The van der Waals surface area contributed by atoms with Gasteiger partial charge in [-0.05, 0) is 18.4 Å². The van der Waals surface area contributed by atoms with E-state index in [1.807, 2.05) is 30.1 Å². The van der Waals surface area contributed by atoms with Gasteiger partial charge in [-0.25, -0.2) is 4.98 Å². The first-order chi connectivity index (χ1) is 9.30. The standard InChI is InChI=1S/C14H19N3OS/c1-18-12-5-4-11(8-15-12)9-16-13-17-14(10-19-13)6-2-3-7-14/h4-5,8H,2-3,6-7,9-10H2,1H3,(H,16,17). The quantitative estimate of drug-likeness (QED) is 0.922. The summed E-state index contributed by atoms with van der Waals surface area (Å²) >= 11 is 1.86. The Balaban J connectivity index is 1.60. The molecule has 3 rings (SSSR count). The smallest absolute Gasteiger partial charge is 0.212 e. The molecule has 1 spiro atoms. The van der Waals surface area contributed by atoms with Crippen LogP contribution in [0.25, 0.3) is 0 Å². The molecule has 1 saturated heterocycles. The zero-order valence-corrected chi connectivity index (χ0v) is 12.0. The van der Waals surface area contributed by atoms with E-state index >= 15 is 0 Å². The number of hydrogen-bond acceptors (Lipinski definition) is 4. The summed E-state index contributed by atoms with van der Waals surface area (Å²) in [4.78, 5) is 8.85. The number of methoxy groups -OCH3 is 1. The zero-order chi connectivity index (χ0) is 13.1. The minimum atomic E-state index is 0.349. The Hall–Kier alpha value is -1.23. The maximum absolute atomic E-state index is 5.05. The van der Waals surface area contributed by atoms with Crippen LogP contribution in [0.4, 0.5) is 0 Å². The number of amidine groups is 1. The molecule has 1 saturated carbocycles. The number of pyridine rings is 1. The Morgan fingerprint density at radius 2 is 2.26 bits per heavy atom. The highest BCUT2D eigenvalue weighted by atomic mass is 32.2. The van der Waals surface area contributed by atoms with Gasteiger partial charge < -0.3 is 10.1 Å². The van der Waals surface area contributed by atoms with Crippen molar-refractivity contribution in [3.63, 3.8) is 0 Å². The molecule has 1 aromatic rings. The molecule has 1 aliphatic carbocycles. The van der Waals surface area contributed by atoms with Crippen LogP contribution in [-0.4, -0.2) is 28.6 Å². The van der Waals surface area contributed by atoms with Gasteiger partial charge in [0.05, 0.1) is 13.7 Å². The van der Waals surface area contributed by atoms with Crippen LogP contribution in [0.15, 0.2) is 23.3 Å². The largest absolute Gasteiger partial charge is 0.481 e. The van der Waals surface area contributed by atoms with Gasteiger partial charge in [-0.2, -0.15) is 0 Å². The fourth-order valence-electron chi connectivity index (χ4n) is 2.70. The molecule has 0 aromatic carbocycles. The Kier molecular flexibility index (Phi) is 3.64. The van der Waals surface area contributed by atoms with Crippen LogP contribution in [0.1, 0.15) is 31.2 Å². The molecule has 1 aromatic heterocycles. The highest BCUT2D eigenvalue weighted by molar-refractivity contribution is 8.14. The molecule has 0 unspecified atom stereocenters. The van der Waals surface area contributed by atoms with E-state index in [2.05, 4.69) is 15.3 Å². The van der Waals surface area contributed by atoms with Crippen molar-refractivity contribution in [2.75, 3.05) is 12.9 Å². The minimum absolute atomic E-state index is 0.349. The van der Waals surface area contributed by atoms with Crippen molar-refractivity contribution in [1.29, 1.82) is 0 Å². The van der Waals surface area contributed by atoms with Gasteiger partial charge in [0.15, 0.2) is 5.17 Å². The highest BCUT2D eigenvalue weighted by Crippen LogP contribution is 2.37. The third-order valence-corrected chi connectivity index (χ3v) is 5.03. The fourth-order valence-corrected chi connectivity index (χ4v) is 3.92. The summed E-state index contributed by atoms with van der Waals surface area (Å²) < 4.78 is 5.05. The number of ether oxygens (including phenoxy) is 1. The van der Waals surface area contributed by atoms with Crippen molar-refractivity contribution in [3.05, 3.63) is 23.9 Å². The average Bonchev–Trinajstić information content (AvgIpc) is 3.08. The van der Waals surface area contributed by atoms with Crippen LogP contribution in [0.2, 0.25) is 0 Å². The molecule has 2 aliphatic rings. The second-order valence-corrected chi connectivity index (χ2v) is 6.20. The molecule has 0 amide bonds. The van der Waals surface area contributed by atoms with E-state index in [0.717, 1.165) is 10.7 Å². The molecule has 102 valence electrons. The SMILES string of the molecule is COc1ccc(CN=C2NC3(CCCC3)CS2)cn1. The molecule has 5 heteroatoms. The van der Waals surface area contributed by atoms with Crippen LogP contribution >= 0.6 is 11.8 Å². The van der Waals surface area contributed by atoms with E-state index in [4.69, 9.17) is 4.74 Å². The predicted octanol–water partition coefficient (Wildman–Crippen LogP) is 2.60. The molecule has 4 nitrogen and oxygen atoms in total. The van der Waals surface area contributed by atoms with Gasteiger partial charge in [0.2, 0.25) is 5.88 Å². The van der Waals surface area contributed by atoms with E-state index in [-0.39, 0.29) is 0 Å².